The van der Waals surface area contributed by atoms with Crippen LogP contribution in [-0.4, -0.2) is 46.3 Å². The molecule has 1 amide bonds. The molecule has 21 heavy (non-hydrogen) atoms. The summed E-state index contributed by atoms with van der Waals surface area (Å²) in [4.78, 5) is 14.5. The summed E-state index contributed by atoms with van der Waals surface area (Å²) in [6.45, 7) is 6.42. The topological polar surface area (TPSA) is 50.2 Å². The molecule has 1 aliphatic rings. The standard InChI is InChI=1S/C16H20N4O/c1-12-6-8-20(18-12)15-5-3-4-14(10-15)16(21)19-9-7-17-13(2)11-19/h3-6,8,10,13,17H,7,9,11H2,1-2H3/t13-/m1/s1. The Morgan fingerprint density at radius 1 is 1.38 bits per heavy atom. The van der Waals surface area contributed by atoms with E-state index in [-0.39, 0.29) is 5.91 Å². The third-order valence-corrected chi connectivity index (χ3v) is 3.74. The maximum absolute atomic E-state index is 12.6. The van der Waals surface area contributed by atoms with Gasteiger partial charge in [0.1, 0.15) is 0 Å². The van der Waals surface area contributed by atoms with Crippen molar-refractivity contribution in [3.05, 3.63) is 47.8 Å². The number of amides is 1. The van der Waals surface area contributed by atoms with Gasteiger partial charge in [0.15, 0.2) is 0 Å². The molecule has 0 unspecified atom stereocenters. The Morgan fingerprint density at radius 3 is 2.95 bits per heavy atom. The molecule has 1 aliphatic heterocycles. The number of hydrogen-bond donors (Lipinski definition) is 1. The van der Waals surface area contributed by atoms with E-state index in [1.807, 2.05) is 48.4 Å². The highest BCUT2D eigenvalue weighted by atomic mass is 16.2. The molecule has 0 aliphatic carbocycles. The van der Waals surface area contributed by atoms with E-state index in [0.717, 1.165) is 36.6 Å². The average Bonchev–Trinajstić information content (AvgIpc) is 2.93. The fourth-order valence-electron chi connectivity index (χ4n) is 2.64. The quantitative estimate of drug-likeness (QED) is 0.911. The molecule has 2 aromatic rings. The Balaban J connectivity index is 1.84. The van der Waals surface area contributed by atoms with Gasteiger partial charge in [-0.2, -0.15) is 5.10 Å². The van der Waals surface area contributed by atoms with Crippen LogP contribution in [0, 0.1) is 6.92 Å². The minimum absolute atomic E-state index is 0.0917. The molecule has 5 heteroatoms. The number of aromatic nitrogens is 2. The van der Waals surface area contributed by atoms with Crippen LogP contribution in [0.5, 0.6) is 0 Å². The lowest BCUT2D eigenvalue weighted by molar-refractivity contribution is 0.0709. The van der Waals surface area contributed by atoms with Crippen LogP contribution >= 0.6 is 0 Å². The molecule has 1 aromatic heterocycles. The second kappa shape index (κ2) is 5.69. The SMILES string of the molecule is Cc1ccn(-c2cccc(C(=O)N3CCN[C@H](C)C3)c2)n1. The Bertz CT molecular complexity index is 649. The van der Waals surface area contributed by atoms with Gasteiger partial charge in [-0.3, -0.25) is 4.79 Å². The van der Waals surface area contributed by atoms with E-state index >= 15 is 0 Å². The number of carbonyl (C=O) groups is 1. The largest absolute Gasteiger partial charge is 0.336 e. The van der Waals surface area contributed by atoms with Gasteiger partial charge in [-0.1, -0.05) is 6.07 Å². The molecule has 0 spiro atoms. The monoisotopic (exact) mass is 284 g/mol. The first-order valence-electron chi connectivity index (χ1n) is 7.29. The predicted octanol–water partition coefficient (Wildman–Crippen LogP) is 1.61. The zero-order valence-corrected chi connectivity index (χ0v) is 12.4. The Labute approximate surface area is 124 Å². The highest BCUT2D eigenvalue weighted by Crippen LogP contribution is 2.13. The summed E-state index contributed by atoms with van der Waals surface area (Å²) in [7, 11) is 0. The van der Waals surface area contributed by atoms with Crippen LogP contribution in [0.2, 0.25) is 0 Å². The molecular weight excluding hydrogens is 264 g/mol. The first kappa shape index (κ1) is 13.8. The molecule has 110 valence electrons. The van der Waals surface area contributed by atoms with Crippen molar-refractivity contribution in [3.8, 4) is 5.69 Å². The summed E-state index contributed by atoms with van der Waals surface area (Å²) >= 11 is 0. The Hall–Kier alpha value is -2.14. The van der Waals surface area contributed by atoms with Crippen LogP contribution in [0.15, 0.2) is 36.5 Å². The van der Waals surface area contributed by atoms with Crippen LogP contribution < -0.4 is 5.32 Å². The number of piperazine rings is 1. The second-order valence-corrected chi connectivity index (χ2v) is 5.56. The van der Waals surface area contributed by atoms with Gasteiger partial charge in [0.05, 0.1) is 11.4 Å². The lowest BCUT2D eigenvalue weighted by Gasteiger charge is -2.32. The normalized spacial score (nSPS) is 18.8. The van der Waals surface area contributed by atoms with Crippen LogP contribution in [0.3, 0.4) is 0 Å². The van der Waals surface area contributed by atoms with Crippen molar-refractivity contribution in [1.29, 1.82) is 0 Å². The molecule has 0 saturated carbocycles. The van der Waals surface area contributed by atoms with E-state index < -0.39 is 0 Å². The van der Waals surface area contributed by atoms with Gasteiger partial charge in [-0.15, -0.1) is 0 Å². The minimum Gasteiger partial charge on any atom is -0.336 e. The van der Waals surface area contributed by atoms with Crippen LogP contribution in [0.4, 0.5) is 0 Å². The zero-order chi connectivity index (χ0) is 14.8. The van der Waals surface area contributed by atoms with E-state index in [1.54, 1.807) is 4.68 Å². The summed E-state index contributed by atoms with van der Waals surface area (Å²) < 4.78 is 1.80. The van der Waals surface area contributed by atoms with Gasteiger partial charge < -0.3 is 10.2 Å². The second-order valence-electron chi connectivity index (χ2n) is 5.56. The minimum atomic E-state index is 0.0917. The van der Waals surface area contributed by atoms with Crippen LogP contribution in [0.25, 0.3) is 5.69 Å². The summed E-state index contributed by atoms with van der Waals surface area (Å²) in [6.07, 6.45) is 1.91. The number of nitrogens with one attached hydrogen (secondary N) is 1. The fraction of sp³-hybridized carbons (Fsp3) is 0.375. The van der Waals surface area contributed by atoms with Crippen LogP contribution in [0.1, 0.15) is 23.0 Å². The highest BCUT2D eigenvalue weighted by Gasteiger charge is 2.21. The van der Waals surface area contributed by atoms with E-state index in [2.05, 4.69) is 17.3 Å². The van der Waals surface area contributed by atoms with Crippen molar-refractivity contribution in [2.24, 2.45) is 0 Å². The Kier molecular flexibility index (Phi) is 3.75. The molecule has 5 nitrogen and oxygen atoms in total. The van der Waals surface area contributed by atoms with E-state index in [9.17, 15) is 4.79 Å². The molecule has 1 saturated heterocycles. The number of hydrogen-bond acceptors (Lipinski definition) is 3. The Morgan fingerprint density at radius 2 is 2.24 bits per heavy atom. The lowest BCUT2D eigenvalue weighted by Crippen LogP contribution is -2.51. The van der Waals surface area contributed by atoms with Crippen molar-refractivity contribution in [2.45, 2.75) is 19.9 Å². The molecule has 0 radical (unpaired) electrons. The smallest absolute Gasteiger partial charge is 0.254 e. The number of carbonyl (C=O) groups excluding carboxylic acids is 1. The summed E-state index contributed by atoms with van der Waals surface area (Å²) in [5.41, 5.74) is 2.59. The van der Waals surface area contributed by atoms with Crippen molar-refractivity contribution in [1.82, 2.24) is 20.0 Å². The summed E-state index contributed by atoms with van der Waals surface area (Å²) in [5, 5.41) is 7.74. The summed E-state index contributed by atoms with van der Waals surface area (Å²) in [5.74, 6) is 0.0917. The number of rotatable bonds is 2. The molecule has 1 aromatic carbocycles. The number of nitrogens with zero attached hydrogens (tertiary/aromatic N) is 3. The lowest BCUT2D eigenvalue weighted by atomic mass is 10.1. The maximum Gasteiger partial charge on any atom is 0.254 e. The van der Waals surface area contributed by atoms with Gasteiger partial charge in [0, 0.05) is 37.4 Å². The molecule has 1 atom stereocenters. The number of aryl methyl sites for hydroxylation is 1. The zero-order valence-electron chi connectivity index (χ0n) is 12.4. The highest BCUT2D eigenvalue weighted by molar-refractivity contribution is 5.94. The van der Waals surface area contributed by atoms with Gasteiger partial charge in [0.25, 0.3) is 5.91 Å². The molecular formula is C16H20N4O. The van der Waals surface area contributed by atoms with Gasteiger partial charge in [-0.25, -0.2) is 4.68 Å². The third kappa shape index (κ3) is 2.97. The predicted molar refractivity (Wildman–Crippen MR) is 81.7 cm³/mol. The average molecular weight is 284 g/mol. The molecule has 2 heterocycles. The van der Waals surface area contributed by atoms with E-state index in [0.29, 0.717) is 6.04 Å². The molecule has 1 fully saturated rings. The van der Waals surface area contributed by atoms with Crippen molar-refractivity contribution in [3.63, 3.8) is 0 Å². The first-order valence-corrected chi connectivity index (χ1v) is 7.29. The van der Waals surface area contributed by atoms with Gasteiger partial charge in [0.2, 0.25) is 0 Å². The summed E-state index contributed by atoms with van der Waals surface area (Å²) in [6, 6.07) is 9.94. The maximum atomic E-state index is 12.6. The van der Waals surface area contributed by atoms with Gasteiger partial charge >= 0.3 is 0 Å². The first-order chi connectivity index (χ1) is 10.1. The molecule has 1 N–H and O–H groups in total. The molecule has 0 bridgehead atoms. The number of benzene rings is 1. The van der Waals surface area contributed by atoms with Crippen molar-refractivity contribution >= 4 is 5.91 Å². The third-order valence-electron chi connectivity index (χ3n) is 3.74. The fourth-order valence-corrected chi connectivity index (χ4v) is 2.64. The van der Waals surface area contributed by atoms with Crippen molar-refractivity contribution < 1.29 is 4.79 Å². The van der Waals surface area contributed by atoms with Gasteiger partial charge in [-0.05, 0) is 38.1 Å². The molecule has 3 rings (SSSR count). The van der Waals surface area contributed by atoms with Crippen molar-refractivity contribution in [2.75, 3.05) is 19.6 Å². The van der Waals surface area contributed by atoms with E-state index in [1.165, 1.54) is 0 Å². The van der Waals surface area contributed by atoms with Crippen LogP contribution in [-0.2, 0) is 0 Å². The van der Waals surface area contributed by atoms with E-state index in [4.69, 9.17) is 0 Å².